The third-order valence-corrected chi connectivity index (χ3v) is 4.34. The van der Waals surface area contributed by atoms with Crippen LogP contribution in [-0.4, -0.2) is 17.4 Å². The molecule has 0 aliphatic rings. The van der Waals surface area contributed by atoms with Gasteiger partial charge in [-0.15, -0.1) is 0 Å². The second-order valence-corrected chi connectivity index (χ2v) is 6.36. The van der Waals surface area contributed by atoms with Crippen LogP contribution in [0.3, 0.4) is 0 Å². The van der Waals surface area contributed by atoms with Gasteiger partial charge in [-0.05, 0) is 49.7 Å². The summed E-state index contributed by atoms with van der Waals surface area (Å²) in [5.41, 5.74) is 3.99. The Morgan fingerprint density at radius 1 is 1.12 bits per heavy atom. The van der Waals surface area contributed by atoms with Crippen molar-refractivity contribution in [2.24, 2.45) is 0 Å². The maximum absolute atomic E-state index is 13.0. The number of carbonyl (C=O) groups excluding carboxylic acids is 1. The lowest BCUT2D eigenvalue weighted by atomic mass is 10.1. The number of aromatic nitrogens is 1. The third-order valence-electron chi connectivity index (χ3n) is 4.01. The fourth-order valence-corrected chi connectivity index (χ4v) is 2.92. The summed E-state index contributed by atoms with van der Waals surface area (Å²) in [6, 6.07) is 17.1. The first-order valence-electron chi connectivity index (χ1n) is 8.43. The maximum atomic E-state index is 13.0. The number of hydrogen-bond donors (Lipinski definition) is 1. The molecule has 0 saturated carbocycles. The van der Waals surface area contributed by atoms with Crippen molar-refractivity contribution in [3.63, 3.8) is 0 Å². The molecule has 0 radical (unpaired) electrons. The van der Waals surface area contributed by atoms with Gasteiger partial charge >= 0.3 is 0 Å². The summed E-state index contributed by atoms with van der Waals surface area (Å²) in [7, 11) is 0. The molecule has 0 aliphatic carbocycles. The molecule has 0 atom stereocenters. The van der Waals surface area contributed by atoms with Crippen molar-refractivity contribution in [3.05, 3.63) is 83.1 Å². The smallest absolute Gasteiger partial charge is 0.259 e. The Bertz CT molecular complexity index is 926. The van der Waals surface area contributed by atoms with Gasteiger partial charge in [-0.1, -0.05) is 35.9 Å². The molecule has 0 fully saturated rings. The Balaban J connectivity index is 1.86. The van der Waals surface area contributed by atoms with E-state index in [2.05, 4.69) is 10.3 Å². The topological polar surface area (TPSA) is 45.2 Å². The summed E-state index contributed by atoms with van der Waals surface area (Å²) in [5.74, 6) is -0.0894. The van der Waals surface area contributed by atoms with Crippen molar-refractivity contribution in [2.75, 3.05) is 16.8 Å². The molecule has 0 saturated heterocycles. The van der Waals surface area contributed by atoms with Crippen molar-refractivity contribution in [1.29, 1.82) is 0 Å². The fourth-order valence-electron chi connectivity index (χ4n) is 2.74. The Kier molecular flexibility index (Phi) is 5.54. The van der Waals surface area contributed by atoms with E-state index in [0.29, 0.717) is 22.8 Å². The van der Waals surface area contributed by atoms with E-state index in [9.17, 15) is 4.79 Å². The number of nitrogens with zero attached hydrogens (tertiary/aromatic N) is 2. The molecule has 0 unspecified atom stereocenters. The molecule has 1 aromatic heterocycles. The molecule has 1 N–H and O–H groups in total. The van der Waals surface area contributed by atoms with E-state index in [-0.39, 0.29) is 5.91 Å². The van der Waals surface area contributed by atoms with Crippen LogP contribution in [0.25, 0.3) is 0 Å². The molecule has 5 heteroatoms. The molecule has 4 nitrogen and oxygen atoms in total. The van der Waals surface area contributed by atoms with Gasteiger partial charge in [0.15, 0.2) is 0 Å². The highest BCUT2D eigenvalue weighted by Gasteiger charge is 2.17. The molecule has 2 aromatic carbocycles. The highest BCUT2D eigenvalue weighted by atomic mass is 35.5. The number of halogens is 1. The van der Waals surface area contributed by atoms with Gasteiger partial charge in [-0.3, -0.25) is 9.78 Å². The molecular formula is C21H20ClN3O. The molecule has 0 aliphatic heterocycles. The SMILES string of the molecule is CCN(C(=O)c1cncc(Nc2ccccc2Cl)c1)c1cccc(C)c1. The Hall–Kier alpha value is -2.85. The van der Waals surface area contributed by atoms with Crippen LogP contribution in [0.5, 0.6) is 0 Å². The minimum absolute atomic E-state index is 0.0894. The van der Waals surface area contributed by atoms with Crippen LogP contribution < -0.4 is 10.2 Å². The minimum atomic E-state index is -0.0894. The third kappa shape index (κ3) is 4.03. The van der Waals surface area contributed by atoms with Crippen LogP contribution in [0, 0.1) is 6.92 Å². The minimum Gasteiger partial charge on any atom is -0.353 e. The monoisotopic (exact) mass is 365 g/mol. The first-order chi connectivity index (χ1) is 12.6. The number of nitrogens with one attached hydrogen (secondary N) is 1. The lowest BCUT2D eigenvalue weighted by molar-refractivity contribution is 0.0988. The standard InChI is InChI=1S/C21H20ClN3O/c1-3-25(18-8-6-7-15(2)11-18)21(26)16-12-17(14-23-13-16)24-20-10-5-4-9-19(20)22/h4-14,24H,3H2,1-2H3. The van der Waals surface area contributed by atoms with Gasteiger partial charge in [-0.25, -0.2) is 0 Å². The summed E-state index contributed by atoms with van der Waals surface area (Å²) >= 11 is 6.19. The zero-order chi connectivity index (χ0) is 18.5. The maximum Gasteiger partial charge on any atom is 0.259 e. The second-order valence-electron chi connectivity index (χ2n) is 5.96. The van der Waals surface area contributed by atoms with E-state index in [0.717, 1.165) is 16.9 Å². The van der Waals surface area contributed by atoms with Gasteiger partial charge in [0.2, 0.25) is 0 Å². The Labute approximate surface area is 158 Å². The van der Waals surface area contributed by atoms with E-state index < -0.39 is 0 Å². The van der Waals surface area contributed by atoms with Gasteiger partial charge in [-0.2, -0.15) is 0 Å². The predicted molar refractivity (Wildman–Crippen MR) is 108 cm³/mol. The second kappa shape index (κ2) is 8.02. The molecule has 0 spiro atoms. The van der Waals surface area contributed by atoms with E-state index in [1.54, 1.807) is 23.4 Å². The summed E-state index contributed by atoms with van der Waals surface area (Å²) in [6.45, 7) is 4.54. The number of aryl methyl sites for hydroxylation is 1. The van der Waals surface area contributed by atoms with Gasteiger partial charge < -0.3 is 10.2 Å². The first kappa shape index (κ1) is 18.0. The van der Waals surface area contributed by atoms with Gasteiger partial charge in [0.05, 0.1) is 28.2 Å². The summed E-state index contributed by atoms with van der Waals surface area (Å²) in [6.07, 6.45) is 3.25. The average molecular weight is 366 g/mol. The largest absolute Gasteiger partial charge is 0.353 e. The van der Waals surface area contributed by atoms with Crippen molar-refractivity contribution < 1.29 is 4.79 Å². The van der Waals surface area contributed by atoms with Crippen LogP contribution in [-0.2, 0) is 0 Å². The quantitative estimate of drug-likeness (QED) is 0.653. The van der Waals surface area contributed by atoms with Gasteiger partial charge in [0, 0.05) is 18.4 Å². The highest BCUT2D eigenvalue weighted by Crippen LogP contribution is 2.25. The van der Waals surface area contributed by atoms with Crippen molar-refractivity contribution in [3.8, 4) is 0 Å². The predicted octanol–water partition coefficient (Wildman–Crippen LogP) is 5.45. The number of anilines is 3. The van der Waals surface area contributed by atoms with Gasteiger partial charge in [0.25, 0.3) is 5.91 Å². The average Bonchev–Trinajstić information content (AvgIpc) is 2.64. The number of hydrogen-bond acceptors (Lipinski definition) is 3. The van der Waals surface area contributed by atoms with E-state index in [4.69, 9.17) is 11.6 Å². The number of carbonyl (C=O) groups is 1. The number of rotatable bonds is 5. The van der Waals surface area contributed by atoms with Gasteiger partial charge in [0.1, 0.15) is 0 Å². The van der Waals surface area contributed by atoms with Crippen molar-refractivity contribution in [2.45, 2.75) is 13.8 Å². The molecule has 3 rings (SSSR count). The fraction of sp³-hybridized carbons (Fsp3) is 0.143. The van der Waals surface area contributed by atoms with Crippen molar-refractivity contribution in [1.82, 2.24) is 4.98 Å². The van der Waals surface area contributed by atoms with Crippen LogP contribution in [0.4, 0.5) is 17.1 Å². The summed E-state index contributed by atoms with van der Waals surface area (Å²) in [4.78, 5) is 18.9. The van der Waals surface area contributed by atoms with E-state index in [1.807, 2.05) is 62.4 Å². The Morgan fingerprint density at radius 2 is 1.92 bits per heavy atom. The van der Waals surface area contributed by atoms with Crippen LogP contribution in [0.2, 0.25) is 5.02 Å². The molecule has 3 aromatic rings. The summed E-state index contributed by atoms with van der Waals surface area (Å²) in [5, 5.41) is 3.82. The Morgan fingerprint density at radius 3 is 2.65 bits per heavy atom. The molecule has 1 amide bonds. The molecule has 0 bridgehead atoms. The molecular weight excluding hydrogens is 346 g/mol. The number of amides is 1. The van der Waals surface area contributed by atoms with Crippen LogP contribution >= 0.6 is 11.6 Å². The lowest BCUT2D eigenvalue weighted by Crippen LogP contribution is -2.30. The zero-order valence-electron chi connectivity index (χ0n) is 14.7. The number of para-hydroxylation sites is 1. The van der Waals surface area contributed by atoms with E-state index in [1.165, 1.54) is 0 Å². The van der Waals surface area contributed by atoms with E-state index >= 15 is 0 Å². The van der Waals surface area contributed by atoms with Crippen molar-refractivity contribution >= 4 is 34.6 Å². The molecule has 132 valence electrons. The lowest BCUT2D eigenvalue weighted by Gasteiger charge is -2.21. The normalized spacial score (nSPS) is 10.4. The molecule has 26 heavy (non-hydrogen) atoms. The highest BCUT2D eigenvalue weighted by molar-refractivity contribution is 6.33. The zero-order valence-corrected chi connectivity index (χ0v) is 15.5. The van der Waals surface area contributed by atoms with Crippen LogP contribution in [0.15, 0.2) is 67.0 Å². The summed E-state index contributed by atoms with van der Waals surface area (Å²) < 4.78 is 0. The molecule has 1 heterocycles. The van der Waals surface area contributed by atoms with Crippen LogP contribution in [0.1, 0.15) is 22.8 Å². The number of pyridine rings is 1. The first-order valence-corrected chi connectivity index (χ1v) is 8.81. The number of benzene rings is 2.